The molecule has 3 rings (SSSR count). The van der Waals surface area contributed by atoms with Gasteiger partial charge in [0.05, 0.1) is 25.4 Å². The lowest BCUT2D eigenvalue weighted by atomic mass is 10.3. The van der Waals surface area contributed by atoms with Crippen molar-refractivity contribution < 1.29 is 9.15 Å². The van der Waals surface area contributed by atoms with Crippen molar-refractivity contribution in [2.24, 2.45) is 0 Å². The van der Waals surface area contributed by atoms with Crippen LogP contribution < -0.4 is 5.76 Å². The van der Waals surface area contributed by atoms with Crippen molar-refractivity contribution in [3.63, 3.8) is 0 Å². The summed E-state index contributed by atoms with van der Waals surface area (Å²) in [6.45, 7) is 4.88. The first-order chi connectivity index (χ1) is 9.15. The number of aromatic nitrogens is 1. The smallest absolute Gasteiger partial charge is 0.408 e. The quantitative estimate of drug-likeness (QED) is 0.847. The average Bonchev–Trinajstić information content (AvgIpc) is 2.68. The molecule has 19 heavy (non-hydrogen) atoms. The molecule has 0 aliphatic carbocycles. The molecule has 1 aromatic carbocycles. The topological polar surface area (TPSA) is 47.6 Å². The second-order valence-corrected chi connectivity index (χ2v) is 5.70. The largest absolute Gasteiger partial charge is 0.421 e. The summed E-state index contributed by atoms with van der Waals surface area (Å²) in [6, 6.07) is 5.93. The molecule has 2 aromatic rings. The van der Waals surface area contributed by atoms with Crippen LogP contribution in [-0.2, 0) is 11.4 Å². The van der Waals surface area contributed by atoms with E-state index in [4.69, 9.17) is 9.15 Å². The molecule has 1 aromatic heterocycles. The van der Waals surface area contributed by atoms with Crippen molar-refractivity contribution in [3.05, 3.63) is 33.2 Å². The SMILES string of the molecule is CC1COCCN1Cn1c(=O)oc2cc(Br)ccc21. The molecular weight excluding hydrogens is 312 g/mol. The predicted molar refractivity (Wildman–Crippen MR) is 75.2 cm³/mol. The van der Waals surface area contributed by atoms with Gasteiger partial charge >= 0.3 is 5.76 Å². The summed E-state index contributed by atoms with van der Waals surface area (Å²) in [7, 11) is 0. The fraction of sp³-hybridized carbons (Fsp3) is 0.462. The van der Waals surface area contributed by atoms with Gasteiger partial charge in [-0.15, -0.1) is 0 Å². The number of benzene rings is 1. The molecule has 2 heterocycles. The normalized spacial score (nSPS) is 21.1. The summed E-state index contributed by atoms with van der Waals surface area (Å²) < 4.78 is 13.3. The van der Waals surface area contributed by atoms with Gasteiger partial charge in [0.1, 0.15) is 0 Å². The van der Waals surface area contributed by atoms with Gasteiger partial charge in [-0.1, -0.05) is 15.9 Å². The summed E-state index contributed by atoms with van der Waals surface area (Å²) >= 11 is 3.38. The lowest BCUT2D eigenvalue weighted by molar-refractivity contribution is -0.0155. The predicted octanol–water partition coefficient (Wildman–Crippen LogP) is 2.04. The molecule has 0 bridgehead atoms. The minimum absolute atomic E-state index is 0.307. The van der Waals surface area contributed by atoms with E-state index in [0.29, 0.717) is 31.5 Å². The third kappa shape index (κ3) is 2.48. The Morgan fingerprint density at radius 3 is 3.11 bits per heavy atom. The van der Waals surface area contributed by atoms with Gasteiger partial charge in [-0.3, -0.25) is 9.47 Å². The van der Waals surface area contributed by atoms with Gasteiger partial charge < -0.3 is 9.15 Å². The lowest BCUT2D eigenvalue weighted by Crippen LogP contribution is -2.45. The standard InChI is InChI=1S/C13H15BrN2O3/c1-9-7-18-5-4-15(9)8-16-11-3-2-10(14)6-12(11)19-13(16)17/h2-3,6,9H,4-5,7-8H2,1H3. The maximum atomic E-state index is 12.0. The number of halogens is 1. The second-order valence-electron chi connectivity index (χ2n) is 4.79. The Morgan fingerprint density at radius 2 is 2.32 bits per heavy atom. The first-order valence-electron chi connectivity index (χ1n) is 6.26. The van der Waals surface area contributed by atoms with Crippen molar-refractivity contribution >= 4 is 27.0 Å². The van der Waals surface area contributed by atoms with E-state index in [0.717, 1.165) is 16.5 Å². The Hall–Kier alpha value is -1.11. The van der Waals surface area contributed by atoms with Crippen molar-refractivity contribution in [1.29, 1.82) is 0 Å². The Balaban J connectivity index is 1.96. The second kappa shape index (κ2) is 5.11. The van der Waals surface area contributed by atoms with Gasteiger partial charge in [-0.2, -0.15) is 0 Å². The average molecular weight is 327 g/mol. The molecule has 0 amide bonds. The molecule has 1 atom stereocenters. The number of ether oxygens (including phenoxy) is 1. The fourth-order valence-corrected chi connectivity index (χ4v) is 2.67. The fourth-order valence-electron chi connectivity index (χ4n) is 2.33. The zero-order chi connectivity index (χ0) is 13.4. The minimum Gasteiger partial charge on any atom is -0.408 e. The van der Waals surface area contributed by atoms with Crippen molar-refractivity contribution in [3.8, 4) is 0 Å². The van der Waals surface area contributed by atoms with E-state index in [-0.39, 0.29) is 5.76 Å². The van der Waals surface area contributed by atoms with Crippen LogP contribution in [0.2, 0.25) is 0 Å². The number of morpholine rings is 1. The first kappa shape index (κ1) is 12.9. The van der Waals surface area contributed by atoms with Gasteiger partial charge in [0.25, 0.3) is 0 Å². The van der Waals surface area contributed by atoms with Crippen LogP contribution in [0.1, 0.15) is 6.92 Å². The van der Waals surface area contributed by atoms with Gasteiger partial charge in [-0.05, 0) is 25.1 Å². The van der Waals surface area contributed by atoms with Crippen LogP contribution in [0.25, 0.3) is 11.1 Å². The molecule has 1 aliphatic heterocycles. The van der Waals surface area contributed by atoms with E-state index in [1.165, 1.54) is 0 Å². The van der Waals surface area contributed by atoms with Crippen LogP contribution in [0.3, 0.4) is 0 Å². The molecule has 1 fully saturated rings. The molecule has 0 radical (unpaired) electrons. The molecule has 6 heteroatoms. The van der Waals surface area contributed by atoms with E-state index >= 15 is 0 Å². The lowest BCUT2D eigenvalue weighted by Gasteiger charge is -2.32. The van der Waals surface area contributed by atoms with Gasteiger partial charge in [0.15, 0.2) is 5.58 Å². The Kier molecular flexibility index (Phi) is 3.47. The number of oxazole rings is 1. The number of nitrogens with zero attached hydrogens (tertiary/aromatic N) is 2. The zero-order valence-electron chi connectivity index (χ0n) is 10.6. The minimum atomic E-state index is -0.313. The van der Waals surface area contributed by atoms with Gasteiger partial charge in [0.2, 0.25) is 0 Å². The molecule has 1 saturated heterocycles. The van der Waals surface area contributed by atoms with E-state index in [1.807, 2.05) is 18.2 Å². The first-order valence-corrected chi connectivity index (χ1v) is 7.05. The summed E-state index contributed by atoms with van der Waals surface area (Å²) in [4.78, 5) is 14.2. The summed E-state index contributed by atoms with van der Waals surface area (Å²) in [5, 5.41) is 0. The third-order valence-corrected chi connectivity index (χ3v) is 3.95. The molecule has 0 spiro atoms. The van der Waals surface area contributed by atoms with Crippen LogP contribution in [0.4, 0.5) is 0 Å². The highest BCUT2D eigenvalue weighted by Crippen LogP contribution is 2.19. The Morgan fingerprint density at radius 1 is 1.47 bits per heavy atom. The number of hydrogen-bond acceptors (Lipinski definition) is 4. The zero-order valence-corrected chi connectivity index (χ0v) is 12.2. The summed E-state index contributed by atoms with van der Waals surface area (Å²) in [5.41, 5.74) is 1.44. The van der Waals surface area contributed by atoms with Crippen molar-refractivity contribution in [2.75, 3.05) is 19.8 Å². The number of fused-ring (bicyclic) bond motifs is 1. The third-order valence-electron chi connectivity index (χ3n) is 3.46. The number of rotatable bonds is 2. The van der Waals surface area contributed by atoms with Crippen LogP contribution in [0.5, 0.6) is 0 Å². The van der Waals surface area contributed by atoms with E-state index in [1.54, 1.807) is 4.57 Å². The van der Waals surface area contributed by atoms with Crippen LogP contribution in [-0.4, -0.2) is 35.3 Å². The van der Waals surface area contributed by atoms with Crippen molar-refractivity contribution in [1.82, 2.24) is 9.47 Å². The molecule has 5 nitrogen and oxygen atoms in total. The summed E-state index contributed by atoms with van der Waals surface area (Å²) in [5.74, 6) is -0.313. The Bertz CT molecular complexity index is 649. The van der Waals surface area contributed by atoms with Gasteiger partial charge in [0, 0.05) is 17.1 Å². The van der Waals surface area contributed by atoms with E-state index in [9.17, 15) is 4.79 Å². The van der Waals surface area contributed by atoms with E-state index < -0.39 is 0 Å². The monoisotopic (exact) mass is 326 g/mol. The van der Waals surface area contributed by atoms with Crippen LogP contribution in [0.15, 0.2) is 31.9 Å². The highest BCUT2D eigenvalue weighted by molar-refractivity contribution is 9.10. The molecule has 0 N–H and O–H groups in total. The Labute approximate surface area is 118 Å². The van der Waals surface area contributed by atoms with Crippen molar-refractivity contribution in [2.45, 2.75) is 19.6 Å². The van der Waals surface area contributed by atoms with Crippen LogP contribution >= 0.6 is 15.9 Å². The molecule has 102 valence electrons. The highest BCUT2D eigenvalue weighted by atomic mass is 79.9. The van der Waals surface area contributed by atoms with Crippen LogP contribution in [0, 0.1) is 0 Å². The molecule has 1 unspecified atom stereocenters. The van der Waals surface area contributed by atoms with E-state index in [2.05, 4.69) is 27.8 Å². The number of hydrogen-bond donors (Lipinski definition) is 0. The molecule has 1 aliphatic rings. The highest BCUT2D eigenvalue weighted by Gasteiger charge is 2.21. The van der Waals surface area contributed by atoms with Gasteiger partial charge in [-0.25, -0.2) is 4.79 Å². The molecular formula is C13H15BrN2O3. The maximum Gasteiger partial charge on any atom is 0.421 e. The maximum absolute atomic E-state index is 12.0. The molecule has 0 saturated carbocycles. The summed E-state index contributed by atoms with van der Waals surface area (Å²) in [6.07, 6.45) is 0.